The molecule has 106 valence electrons. The smallest absolute Gasteiger partial charge is 0.340 e. The van der Waals surface area contributed by atoms with Gasteiger partial charge in [0.2, 0.25) is 0 Å². The van der Waals surface area contributed by atoms with Crippen molar-refractivity contribution < 1.29 is 9.53 Å². The molecule has 6 heteroatoms. The number of anilines is 1. The van der Waals surface area contributed by atoms with Crippen molar-refractivity contribution in [2.75, 3.05) is 5.73 Å². The van der Waals surface area contributed by atoms with Gasteiger partial charge in [-0.25, -0.2) is 4.79 Å². The monoisotopic (exact) mass is 293 g/mol. The van der Waals surface area contributed by atoms with Gasteiger partial charge in [0.05, 0.1) is 16.3 Å². The second-order valence-electron chi connectivity index (χ2n) is 4.70. The fourth-order valence-electron chi connectivity index (χ4n) is 1.66. The quantitative estimate of drug-likeness (QED) is 0.695. The van der Waals surface area contributed by atoms with Crippen LogP contribution in [0.25, 0.3) is 0 Å². The van der Waals surface area contributed by atoms with Crippen molar-refractivity contribution >= 4 is 23.3 Å². The van der Waals surface area contributed by atoms with Crippen LogP contribution in [-0.4, -0.2) is 15.7 Å². The third-order valence-electron chi connectivity index (χ3n) is 2.76. The van der Waals surface area contributed by atoms with E-state index in [0.29, 0.717) is 16.9 Å². The van der Waals surface area contributed by atoms with Gasteiger partial charge in [-0.1, -0.05) is 11.6 Å². The highest BCUT2D eigenvalue weighted by Crippen LogP contribution is 2.20. The molecule has 0 spiro atoms. The number of nitrogens with two attached hydrogens (primary N) is 1. The van der Waals surface area contributed by atoms with Crippen molar-refractivity contribution in [2.24, 2.45) is 0 Å². The number of ether oxygens (including phenoxy) is 1. The van der Waals surface area contributed by atoms with Gasteiger partial charge in [0.1, 0.15) is 6.61 Å². The van der Waals surface area contributed by atoms with Crippen LogP contribution in [0.1, 0.15) is 35.9 Å². The summed E-state index contributed by atoms with van der Waals surface area (Å²) in [5.41, 5.74) is 7.07. The lowest BCUT2D eigenvalue weighted by Crippen LogP contribution is -2.07. The third kappa shape index (κ3) is 3.30. The molecule has 2 rings (SSSR count). The molecule has 1 aromatic carbocycles. The van der Waals surface area contributed by atoms with E-state index < -0.39 is 5.97 Å². The van der Waals surface area contributed by atoms with Crippen LogP contribution < -0.4 is 5.73 Å². The normalized spacial score (nSPS) is 10.8. The fourth-order valence-corrected chi connectivity index (χ4v) is 1.92. The minimum Gasteiger partial charge on any atom is -0.455 e. The second kappa shape index (κ2) is 5.96. The number of rotatable bonds is 4. The lowest BCUT2D eigenvalue weighted by molar-refractivity contribution is 0.0467. The van der Waals surface area contributed by atoms with E-state index in [-0.39, 0.29) is 17.7 Å². The van der Waals surface area contributed by atoms with E-state index in [2.05, 4.69) is 5.10 Å². The van der Waals surface area contributed by atoms with Crippen molar-refractivity contribution in [2.45, 2.75) is 26.5 Å². The number of halogens is 1. The molecule has 1 aromatic heterocycles. The molecule has 0 aliphatic rings. The topological polar surface area (TPSA) is 70.1 Å². The number of hydrogen-bond donors (Lipinski definition) is 1. The van der Waals surface area contributed by atoms with Crippen molar-refractivity contribution in [3.63, 3.8) is 0 Å². The molecule has 0 aliphatic heterocycles. The van der Waals surface area contributed by atoms with Gasteiger partial charge >= 0.3 is 5.97 Å². The van der Waals surface area contributed by atoms with Gasteiger partial charge in [-0.05, 0) is 38.1 Å². The summed E-state index contributed by atoms with van der Waals surface area (Å²) in [4.78, 5) is 11.9. The number of hydrogen-bond acceptors (Lipinski definition) is 4. The number of nitrogens with zero attached hydrogens (tertiary/aromatic N) is 2. The van der Waals surface area contributed by atoms with E-state index >= 15 is 0 Å². The van der Waals surface area contributed by atoms with Crippen LogP contribution in [0.3, 0.4) is 0 Å². The number of nitrogen functional groups attached to an aromatic ring is 1. The Kier molecular flexibility index (Phi) is 4.29. The van der Waals surface area contributed by atoms with Crippen LogP contribution in [-0.2, 0) is 11.3 Å². The van der Waals surface area contributed by atoms with Crippen LogP contribution in [0.2, 0.25) is 5.02 Å². The lowest BCUT2D eigenvalue weighted by Gasteiger charge is -2.06. The first-order valence-electron chi connectivity index (χ1n) is 6.23. The highest BCUT2D eigenvalue weighted by molar-refractivity contribution is 6.33. The molecule has 0 aliphatic carbocycles. The average Bonchev–Trinajstić information content (AvgIpc) is 2.85. The zero-order valence-electron chi connectivity index (χ0n) is 11.3. The van der Waals surface area contributed by atoms with Gasteiger partial charge in [0, 0.05) is 17.9 Å². The Bertz CT molecular complexity index is 623. The zero-order chi connectivity index (χ0) is 14.7. The van der Waals surface area contributed by atoms with Gasteiger partial charge in [-0.3, -0.25) is 4.68 Å². The van der Waals surface area contributed by atoms with Crippen molar-refractivity contribution in [1.29, 1.82) is 0 Å². The summed E-state index contributed by atoms with van der Waals surface area (Å²) >= 11 is 5.95. The summed E-state index contributed by atoms with van der Waals surface area (Å²) in [6, 6.07) is 6.76. The molecule has 0 saturated heterocycles. The second-order valence-corrected chi connectivity index (χ2v) is 5.10. The molecule has 0 unspecified atom stereocenters. The predicted octanol–water partition coefficient (Wildman–Crippen LogP) is 3.06. The molecule has 5 nitrogen and oxygen atoms in total. The van der Waals surface area contributed by atoms with Gasteiger partial charge in [-0.15, -0.1) is 0 Å². The predicted molar refractivity (Wildman–Crippen MR) is 77.6 cm³/mol. The maximum atomic E-state index is 11.9. The van der Waals surface area contributed by atoms with Gasteiger partial charge < -0.3 is 10.5 Å². The lowest BCUT2D eigenvalue weighted by atomic mass is 10.2. The Morgan fingerprint density at radius 2 is 2.20 bits per heavy atom. The standard InChI is InChI=1S/C14H16ClN3O2/c1-9(2)18-6-5-11(17-18)8-20-14(19)12-4-3-10(16)7-13(12)15/h3-7,9H,8,16H2,1-2H3. The summed E-state index contributed by atoms with van der Waals surface area (Å²) in [7, 11) is 0. The van der Waals surface area contributed by atoms with E-state index in [1.807, 2.05) is 26.1 Å². The first-order chi connectivity index (χ1) is 9.47. The molecule has 0 saturated carbocycles. The van der Waals surface area contributed by atoms with Gasteiger partial charge in [0.25, 0.3) is 0 Å². The highest BCUT2D eigenvalue weighted by atomic mass is 35.5. The molecule has 0 radical (unpaired) electrons. The molecule has 0 bridgehead atoms. The van der Waals surface area contributed by atoms with Crippen LogP contribution in [0.15, 0.2) is 30.5 Å². The molecule has 0 amide bonds. The summed E-state index contributed by atoms with van der Waals surface area (Å²) in [5, 5.41) is 4.58. The largest absolute Gasteiger partial charge is 0.455 e. The summed E-state index contributed by atoms with van der Waals surface area (Å²) in [6.07, 6.45) is 1.85. The van der Waals surface area contributed by atoms with Crippen molar-refractivity contribution in [3.8, 4) is 0 Å². The Balaban J connectivity index is 2.01. The highest BCUT2D eigenvalue weighted by Gasteiger charge is 2.13. The Labute approximate surface area is 122 Å². The Morgan fingerprint density at radius 1 is 1.45 bits per heavy atom. The number of carbonyl (C=O) groups is 1. The number of esters is 1. The molecule has 0 atom stereocenters. The van der Waals surface area contributed by atoms with Crippen molar-refractivity contribution in [1.82, 2.24) is 9.78 Å². The minimum absolute atomic E-state index is 0.110. The summed E-state index contributed by atoms with van der Waals surface area (Å²) in [5.74, 6) is -0.492. The van der Waals surface area contributed by atoms with Crippen molar-refractivity contribution in [3.05, 3.63) is 46.7 Å². The maximum absolute atomic E-state index is 11.9. The molecule has 20 heavy (non-hydrogen) atoms. The Hall–Kier alpha value is -2.01. The number of carbonyl (C=O) groups excluding carboxylic acids is 1. The molecular formula is C14H16ClN3O2. The first kappa shape index (κ1) is 14.4. The molecule has 0 fully saturated rings. The van der Waals surface area contributed by atoms with E-state index in [1.54, 1.807) is 16.8 Å². The molecule has 2 N–H and O–H groups in total. The van der Waals surface area contributed by atoms with Crippen LogP contribution >= 0.6 is 11.6 Å². The van der Waals surface area contributed by atoms with Gasteiger partial charge in [-0.2, -0.15) is 5.10 Å². The molecule has 1 heterocycles. The van der Waals surface area contributed by atoms with Crippen LogP contribution in [0, 0.1) is 0 Å². The number of aromatic nitrogens is 2. The summed E-state index contributed by atoms with van der Waals surface area (Å²) < 4.78 is 6.99. The molecular weight excluding hydrogens is 278 g/mol. The minimum atomic E-state index is -0.492. The third-order valence-corrected chi connectivity index (χ3v) is 3.07. The van der Waals surface area contributed by atoms with Crippen LogP contribution in [0.5, 0.6) is 0 Å². The Morgan fingerprint density at radius 3 is 2.80 bits per heavy atom. The molecule has 2 aromatic rings. The summed E-state index contributed by atoms with van der Waals surface area (Å²) in [6.45, 7) is 4.16. The maximum Gasteiger partial charge on any atom is 0.340 e. The average molecular weight is 294 g/mol. The van der Waals surface area contributed by atoms with E-state index in [9.17, 15) is 4.79 Å². The van der Waals surface area contributed by atoms with Gasteiger partial charge in [0.15, 0.2) is 0 Å². The van der Waals surface area contributed by atoms with Crippen LogP contribution in [0.4, 0.5) is 5.69 Å². The fraction of sp³-hybridized carbons (Fsp3) is 0.286. The van der Waals surface area contributed by atoms with E-state index in [4.69, 9.17) is 22.1 Å². The first-order valence-corrected chi connectivity index (χ1v) is 6.61. The number of benzene rings is 1. The van der Waals surface area contributed by atoms with E-state index in [1.165, 1.54) is 6.07 Å². The SMILES string of the molecule is CC(C)n1ccc(COC(=O)c2ccc(N)cc2Cl)n1. The van der Waals surface area contributed by atoms with E-state index in [0.717, 1.165) is 0 Å². The zero-order valence-corrected chi connectivity index (χ0v) is 12.1.